The number of nitrogens with two attached hydrogens (primary N) is 1. The van der Waals surface area contributed by atoms with E-state index in [1.54, 1.807) is 0 Å². The van der Waals surface area contributed by atoms with Crippen molar-refractivity contribution in [2.24, 2.45) is 11.1 Å². The molecule has 17 heavy (non-hydrogen) atoms. The number of nitrogens with zero attached hydrogens (tertiary/aromatic N) is 2. The Labute approximate surface area is 113 Å². The van der Waals surface area contributed by atoms with Crippen molar-refractivity contribution in [3.8, 4) is 0 Å². The molecule has 0 spiro atoms. The summed E-state index contributed by atoms with van der Waals surface area (Å²) < 4.78 is 1.08. The van der Waals surface area contributed by atoms with E-state index in [9.17, 15) is 0 Å². The number of halogens is 1. The van der Waals surface area contributed by atoms with Crippen LogP contribution in [0.4, 0.5) is 5.82 Å². The smallest absolute Gasteiger partial charge is 0.143 e. The van der Waals surface area contributed by atoms with E-state index in [1.165, 1.54) is 5.56 Å². The molecule has 0 aromatic carbocycles. The molecular weight excluding hydrogens is 278 g/mol. The average molecular weight is 300 g/mol. The molecule has 0 amide bonds. The first-order chi connectivity index (χ1) is 7.91. The van der Waals surface area contributed by atoms with Gasteiger partial charge < -0.3 is 10.6 Å². The second-order valence-corrected chi connectivity index (χ2v) is 5.94. The summed E-state index contributed by atoms with van der Waals surface area (Å²) in [5.74, 6) is 1.01. The number of rotatable bonds is 5. The second-order valence-electron chi connectivity index (χ2n) is 5.15. The Morgan fingerprint density at radius 3 is 2.65 bits per heavy atom. The Morgan fingerprint density at radius 2 is 2.12 bits per heavy atom. The molecule has 0 saturated carbocycles. The highest BCUT2D eigenvalue weighted by Crippen LogP contribution is 2.28. The number of aromatic nitrogens is 1. The number of anilines is 1. The van der Waals surface area contributed by atoms with Gasteiger partial charge in [0.05, 0.1) is 4.47 Å². The van der Waals surface area contributed by atoms with Gasteiger partial charge in [0.1, 0.15) is 5.82 Å². The molecule has 0 aliphatic carbocycles. The molecule has 0 saturated heterocycles. The minimum Gasteiger partial charge on any atom is -0.355 e. The first kappa shape index (κ1) is 14.5. The summed E-state index contributed by atoms with van der Waals surface area (Å²) >= 11 is 3.62. The number of hydrogen-bond donors (Lipinski definition) is 1. The van der Waals surface area contributed by atoms with Crippen LogP contribution in [0.2, 0.25) is 0 Å². The predicted octanol–water partition coefficient (Wildman–Crippen LogP) is 2.96. The van der Waals surface area contributed by atoms with E-state index in [1.807, 2.05) is 12.3 Å². The lowest BCUT2D eigenvalue weighted by Gasteiger charge is -2.32. The Bertz CT molecular complexity index is 377. The molecule has 1 aromatic heterocycles. The summed E-state index contributed by atoms with van der Waals surface area (Å²) in [4.78, 5) is 6.73. The topological polar surface area (TPSA) is 42.1 Å². The van der Waals surface area contributed by atoms with Crippen LogP contribution >= 0.6 is 15.9 Å². The molecule has 0 radical (unpaired) electrons. The van der Waals surface area contributed by atoms with Gasteiger partial charge in [-0.2, -0.15) is 0 Å². The molecule has 0 fully saturated rings. The molecule has 0 aliphatic heterocycles. The monoisotopic (exact) mass is 299 g/mol. The maximum Gasteiger partial charge on any atom is 0.143 e. The average Bonchev–Trinajstić information content (AvgIpc) is 2.30. The van der Waals surface area contributed by atoms with Crippen molar-refractivity contribution >= 4 is 21.7 Å². The van der Waals surface area contributed by atoms with Crippen molar-refractivity contribution in [1.29, 1.82) is 0 Å². The van der Waals surface area contributed by atoms with E-state index >= 15 is 0 Å². The minimum absolute atomic E-state index is 0.0981. The highest BCUT2D eigenvalue weighted by Gasteiger charge is 2.21. The standard InChI is InChI=1S/C13H22BrN3/c1-5-17(9-13(3,4)8-15)12-11(14)10(2)6-7-16-12/h6-7H,5,8-9,15H2,1-4H3. The van der Waals surface area contributed by atoms with E-state index in [-0.39, 0.29) is 5.41 Å². The van der Waals surface area contributed by atoms with Gasteiger partial charge >= 0.3 is 0 Å². The highest BCUT2D eigenvalue weighted by molar-refractivity contribution is 9.10. The normalized spacial score (nSPS) is 11.6. The molecule has 2 N–H and O–H groups in total. The van der Waals surface area contributed by atoms with E-state index in [0.717, 1.165) is 23.4 Å². The summed E-state index contributed by atoms with van der Waals surface area (Å²) in [6, 6.07) is 2.01. The molecule has 1 aromatic rings. The summed E-state index contributed by atoms with van der Waals surface area (Å²) in [6.07, 6.45) is 1.85. The quantitative estimate of drug-likeness (QED) is 0.909. The summed E-state index contributed by atoms with van der Waals surface area (Å²) in [5.41, 5.74) is 7.10. The molecule has 0 atom stereocenters. The number of aryl methyl sites for hydroxylation is 1. The SMILES string of the molecule is CCN(CC(C)(C)CN)c1nccc(C)c1Br. The van der Waals surface area contributed by atoms with E-state index in [4.69, 9.17) is 5.73 Å². The third-order valence-electron chi connectivity index (χ3n) is 2.92. The minimum atomic E-state index is 0.0981. The van der Waals surface area contributed by atoms with Crippen LogP contribution in [0.3, 0.4) is 0 Å². The van der Waals surface area contributed by atoms with E-state index < -0.39 is 0 Å². The van der Waals surface area contributed by atoms with Crippen molar-refractivity contribution in [2.45, 2.75) is 27.7 Å². The van der Waals surface area contributed by atoms with Gasteiger partial charge in [0.15, 0.2) is 0 Å². The molecule has 1 heterocycles. The highest BCUT2D eigenvalue weighted by atomic mass is 79.9. The van der Waals surface area contributed by atoms with Crippen LogP contribution in [0.5, 0.6) is 0 Å². The van der Waals surface area contributed by atoms with Crippen molar-refractivity contribution in [1.82, 2.24) is 4.98 Å². The van der Waals surface area contributed by atoms with Crippen LogP contribution in [0, 0.1) is 12.3 Å². The molecule has 3 nitrogen and oxygen atoms in total. The van der Waals surface area contributed by atoms with Crippen LogP contribution in [-0.2, 0) is 0 Å². The number of hydrogen-bond acceptors (Lipinski definition) is 3. The second kappa shape index (κ2) is 5.83. The van der Waals surface area contributed by atoms with Gasteiger partial charge in [-0.1, -0.05) is 13.8 Å². The maximum absolute atomic E-state index is 5.80. The van der Waals surface area contributed by atoms with Gasteiger partial charge in [-0.15, -0.1) is 0 Å². The summed E-state index contributed by atoms with van der Waals surface area (Å²) in [7, 11) is 0. The maximum atomic E-state index is 5.80. The molecule has 1 rings (SSSR count). The molecular formula is C13H22BrN3. The molecule has 0 aliphatic rings. The van der Waals surface area contributed by atoms with Gasteiger partial charge in [-0.05, 0) is 53.4 Å². The van der Waals surface area contributed by atoms with Crippen molar-refractivity contribution in [2.75, 3.05) is 24.5 Å². The molecule has 0 unspecified atom stereocenters. The summed E-state index contributed by atoms with van der Waals surface area (Å²) in [5, 5.41) is 0. The fourth-order valence-corrected chi connectivity index (χ4v) is 2.15. The largest absolute Gasteiger partial charge is 0.355 e. The lowest BCUT2D eigenvalue weighted by atomic mass is 9.93. The lowest BCUT2D eigenvalue weighted by Crippen LogP contribution is -2.39. The zero-order chi connectivity index (χ0) is 13.1. The van der Waals surface area contributed by atoms with Crippen LogP contribution in [0.15, 0.2) is 16.7 Å². The van der Waals surface area contributed by atoms with Crippen LogP contribution in [0.25, 0.3) is 0 Å². The van der Waals surface area contributed by atoms with Crippen molar-refractivity contribution in [3.63, 3.8) is 0 Å². The first-order valence-electron chi connectivity index (χ1n) is 5.97. The predicted molar refractivity (Wildman–Crippen MR) is 77.4 cm³/mol. The molecule has 0 bridgehead atoms. The summed E-state index contributed by atoms with van der Waals surface area (Å²) in [6.45, 7) is 11.1. The third kappa shape index (κ3) is 3.68. The number of pyridine rings is 1. The van der Waals surface area contributed by atoms with Gasteiger partial charge in [-0.25, -0.2) is 4.98 Å². The Morgan fingerprint density at radius 1 is 1.47 bits per heavy atom. The molecule has 4 heteroatoms. The lowest BCUT2D eigenvalue weighted by molar-refractivity contribution is 0.378. The van der Waals surface area contributed by atoms with Crippen LogP contribution < -0.4 is 10.6 Å². The van der Waals surface area contributed by atoms with Gasteiger partial charge in [0.25, 0.3) is 0 Å². The van der Waals surface area contributed by atoms with Crippen LogP contribution in [-0.4, -0.2) is 24.6 Å². The Kier molecular flexibility index (Phi) is 4.95. The zero-order valence-corrected chi connectivity index (χ0v) is 12.7. The van der Waals surface area contributed by atoms with Crippen molar-refractivity contribution < 1.29 is 0 Å². The fourth-order valence-electron chi connectivity index (χ4n) is 1.66. The third-order valence-corrected chi connectivity index (χ3v) is 3.90. The van der Waals surface area contributed by atoms with E-state index in [2.05, 4.69) is 53.5 Å². The zero-order valence-electron chi connectivity index (χ0n) is 11.1. The van der Waals surface area contributed by atoms with Gasteiger partial charge in [0.2, 0.25) is 0 Å². The Hall–Kier alpha value is -0.610. The van der Waals surface area contributed by atoms with Gasteiger partial charge in [0, 0.05) is 19.3 Å². The van der Waals surface area contributed by atoms with Crippen molar-refractivity contribution in [3.05, 3.63) is 22.3 Å². The van der Waals surface area contributed by atoms with Gasteiger partial charge in [-0.3, -0.25) is 0 Å². The Balaban J connectivity index is 2.98. The van der Waals surface area contributed by atoms with Crippen LogP contribution in [0.1, 0.15) is 26.3 Å². The first-order valence-corrected chi connectivity index (χ1v) is 6.76. The van der Waals surface area contributed by atoms with E-state index in [0.29, 0.717) is 6.54 Å². The fraction of sp³-hybridized carbons (Fsp3) is 0.615. The molecule has 96 valence electrons.